The minimum atomic E-state index is -1.16. The maximum atomic E-state index is 13.4. The van der Waals surface area contributed by atoms with E-state index in [-0.39, 0.29) is 18.7 Å². The molecule has 3 unspecified atom stereocenters. The molecular weight excluding hydrogens is 685 g/mol. The highest BCUT2D eigenvalue weighted by Gasteiger charge is 2.38. The first-order valence-electron chi connectivity index (χ1n) is 18.0. The monoisotopic (exact) mass is 739 g/mol. The number of nitrogens with one attached hydrogen (secondary N) is 4. The van der Waals surface area contributed by atoms with E-state index < -0.39 is 65.4 Å². The smallest absolute Gasteiger partial charge is 0.290 e. The van der Waals surface area contributed by atoms with Crippen LogP contribution >= 0.6 is 9.24 Å². The number of ketones is 1. The summed E-state index contributed by atoms with van der Waals surface area (Å²) in [6, 6.07) is 6.33. The predicted octanol–water partition coefficient (Wildman–Crippen LogP) is 2.44. The lowest BCUT2D eigenvalue weighted by molar-refractivity contribution is -0.142. The molecule has 16 heteroatoms. The first-order chi connectivity index (χ1) is 24.7. The Morgan fingerprint density at radius 1 is 1.00 bits per heavy atom. The number of Topliss-reactive ketones (excluding diaryl/α,β-unsaturated/α-hetero) is 1. The van der Waals surface area contributed by atoms with Gasteiger partial charge in [-0.2, -0.15) is 0 Å². The average Bonchev–Trinajstić information content (AvgIpc) is 3.82. The second kappa shape index (κ2) is 19.9. The summed E-state index contributed by atoms with van der Waals surface area (Å²) in [6.07, 6.45) is 6.30. The molecule has 1 saturated heterocycles. The van der Waals surface area contributed by atoms with Gasteiger partial charge < -0.3 is 26.2 Å². The zero-order valence-corrected chi connectivity index (χ0v) is 32.3. The summed E-state index contributed by atoms with van der Waals surface area (Å²) in [6.45, 7) is 11.4. The van der Waals surface area contributed by atoms with Gasteiger partial charge in [-0.05, 0) is 82.2 Å². The fraction of sp³-hybridized carbons (Fsp3) is 0.583. The van der Waals surface area contributed by atoms with E-state index in [1.54, 1.807) is 11.6 Å². The van der Waals surface area contributed by atoms with Crippen LogP contribution in [0, 0.1) is 0 Å². The van der Waals surface area contributed by atoms with Crippen molar-refractivity contribution in [1.29, 1.82) is 0 Å². The van der Waals surface area contributed by atoms with Crippen LogP contribution in [-0.2, 0) is 34.3 Å². The van der Waals surface area contributed by atoms with Crippen LogP contribution in [0.5, 0.6) is 0 Å². The normalized spacial score (nSPS) is 16.4. The van der Waals surface area contributed by atoms with E-state index in [4.69, 9.17) is 0 Å². The van der Waals surface area contributed by atoms with Crippen molar-refractivity contribution in [2.24, 2.45) is 0 Å². The van der Waals surface area contributed by atoms with Crippen LogP contribution in [0.3, 0.4) is 0 Å². The number of likely N-dealkylation sites (tertiary alicyclic amines) is 1. The van der Waals surface area contributed by atoms with Gasteiger partial charge in [0, 0.05) is 13.0 Å². The first kappa shape index (κ1) is 41.9. The molecule has 1 aromatic heterocycles. The van der Waals surface area contributed by atoms with Crippen LogP contribution in [0.1, 0.15) is 110 Å². The number of nitrogens with zero attached hydrogens (tertiary/aromatic N) is 5. The van der Waals surface area contributed by atoms with Gasteiger partial charge in [0.25, 0.3) is 5.91 Å². The summed E-state index contributed by atoms with van der Waals surface area (Å²) in [5, 5.41) is 22.7. The van der Waals surface area contributed by atoms with Gasteiger partial charge in [0.05, 0.1) is 18.1 Å². The third-order valence-corrected chi connectivity index (χ3v) is 9.31. The number of hydrogen-bond acceptors (Lipinski definition) is 9. The van der Waals surface area contributed by atoms with Crippen LogP contribution in [0.2, 0.25) is 0 Å². The lowest BCUT2D eigenvalue weighted by atomic mass is 10.0. The van der Waals surface area contributed by atoms with E-state index in [0.717, 1.165) is 12.8 Å². The number of rotatable bonds is 18. The third kappa shape index (κ3) is 11.8. The number of benzene rings is 1. The zero-order chi connectivity index (χ0) is 38.4. The Morgan fingerprint density at radius 2 is 1.71 bits per heavy atom. The summed E-state index contributed by atoms with van der Waals surface area (Å²) < 4.78 is 1.61. The van der Waals surface area contributed by atoms with Gasteiger partial charge in [0.15, 0.2) is 5.82 Å². The SMILES string of the molecule is C/C=C(\CC)CCCC(=O)N[C@@H](P)C(=O)N1CCC[C@H]1C(=O)NC(CCC)C(=O)C(=O)NCC(=O)NC(c1ccccc1)c1nnnn1C(C)(C)C. The summed E-state index contributed by atoms with van der Waals surface area (Å²) in [5.74, 6) is -4.29. The zero-order valence-electron chi connectivity index (χ0n) is 31.1. The summed E-state index contributed by atoms with van der Waals surface area (Å²) in [7, 11) is 2.33. The van der Waals surface area contributed by atoms with Gasteiger partial charge in [-0.1, -0.05) is 62.2 Å². The Hall–Kier alpha value is -4.52. The minimum absolute atomic E-state index is 0.172. The van der Waals surface area contributed by atoms with E-state index in [2.05, 4.69) is 53.0 Å². The third-order valence-electron chi connectivity index (χ3n) is 8.85. The summed E-state index contributed by atoms with van der Waals surface area (Å²) in [5.41, 5.74) is 1.49. The van der Waals surface area contributed by atoms with Crippen molar-refractivity contribution in [3.63, 3.8) is 0 Å². The molecule has 1 aromatic carbocycles. The maximum Gasteiger partial charge on any atom is 0.290 e. The molecule has 0 aliphatic carbocycles. The molecule has 0 bridgehead atoms. The van der Waals surface area contributed by atoms with Gasteiger partial charge in [0.1, 0.15) is 17.9 Å². The lowest BCUT2D eigenvalue weighted by Gasteiger charge is -2.28. The second-order valence-electron chi connectivity index (χ2n) is 13.8. The van der Waals surface area contributed by atoms with Crippen LogP contribution in [0.25, 0.3) is 0 Å². The fourth-order valence-electron chi connectivity index (χ4n) is 6.03. The number of allylic oxidation sites excluding steroid dienone is 2. The van der Waals surface area contributed by atoms with Crippen molar-refractivity contribution in [3.05, 3.63) is 53.4 Å². The molecule has 5 amide bonds. The number of carbonyl (C=O) groups is 6. The highest BCUT2D eigenvalue weighted by atomic mass is 31.0. The van der Waals surface area contributed by atoms with E-state index in [0.29, 0.717) is 43.6 Å². The van der Waals surface area contributed by atoms with Crippen molar-refractivity contribution in [1.82, 2.24) is 46.4 Å². The van der Waals surface area contributed by atoms with Crippen molar-refractivity contribution in [2.75, 3.05) is 13.1 Å². The molecule has 0 spiro atoms. The van der Waals surface area contributed by atoms with Gasteiger partial charge >= 0.3 is 0 Å². The van der Waals surface area contributed by atoms with Crippen molar-refractivity contribution in [3.8, 4) is 0 Å². The molecular formula is C36H54N9O6P. The topological polar surface area (TPSA) is 197 Å². The Labute approximate surface area is 308 Å². The molecule has 2 heterocycles. The molecule has 284 valence electrons. The Morgan fingerprint density at radius 3 is 2.35 bits per heavy atom. The number of aromatic nitrogens is 4. The largest absolute Gasteiger partial charge is 0.344 e. The number of tetrazole rings is 1. The molecule has 1 fully saturated rings. The van der Waals surface area contributed by atoms with E-state index in [9.17, 15) is 28.8 Å². The van der Waals surface area contributed by atoms with Crippen molar-refractivity contribution < 1.29 is 28.8 Å². The molecule has 2 aromatic rings. The van der Waals surface area contributed by atoms with Crippen LogP contribution in [-0.4, -0.2) is 91.4 Å². The van der Waals surface area contributed by atoms with E-state index in [1.165, 1.54) is 10.5 Å². The van der Waals surface area contributed by atoms with Gasteiger partial charge in [-0.25, -0.2) is 4.68 Å². The number of carbonyl (C=O) groups excluding carboxylic acids is 6. The van der Waals surface area contributed by atoms with Crippen LogP contribution in [0.4, 0.5) is 0 Å². The van der Waals surface area contributed by atoms with Gasteiger partial charge in [0.2, 0.25) is 29.4 Å². The first-order valence-corrected chi connectivity index (χ1v) is 18.6. The van der Waals surface area contributed by atoms with E-state index >= 15 is 0 Å². The van der Waals surface area contributed by atoms with E-state index in [1.807, 2.05) is 64.1 Å². The molecule has 1 aliphatic heterocycles. The molecule has 0 saturated carbocycles. The van der Waals surface area contributed by atoms with Crippen LogP contribution in [0.15, 0.2) is 42.0 Å². The maximum absolute atomic E-state index is 13.4. The minimum Gasteiger partial charge on any atom is -0.344 e. The second-order valence-corrected chi connectivity index (χ2v) is 14.5. The highest BCUT2D eigenvalue weighted by Crippen LogP contribution is 2.24. The molecule has 15 nitrogen and oxygen atoms in total. The highest BCUT2D eigenvalue weighted by molar-refractivity contribution is 7.19. The summed E-state index contributed by atoms with van der Waals surface area (Å²) >= 11 is 0. The molecule has 52 heavy (non-hydrogen) atoms. The molecule has 1 aliphatic rings. The molecule has 3 rings (SSSR count). The number of hydrogen-bond donors (Lipinski definition) is 4. The lowest BCUT2D eigenvalue weighted by Crippen LogP contribution is -2.55. The Kier molecular flexibility index (Phi) is 16.0. The Balaban J connectivity index is 1.59. The summed E-state index contributed by atoms with van der Waals surface area (Å²) in [4.78, 5) is 80.1. The number of amides is 5. The standard InChI is InChI=1S/C36H54N9O6P/c1-7-15-25(38-32(49)26-19-14-21-44(26)35(51)34(52)40-27(46)20-13-16-23(8-2)9-3)30(48)33(50)37-22-28(47)39-29(24-17-11-10-12-18-24)31-41-42-43-45(31)36(4,5)6/h8,10-12,17-18,25-26,29,34H,7,9,13-16,19-22,52H2,1-6H3,(H,37,50)(H,38,49)(H,39,47)(H,40,46)/b23-8+/t25?,26-,29?,34-/m0/s1. The van der Waals surface area contributed by atoms with Crippen molar-refractivity contribution in [2.45, 2.75) is 122 Å². The van der Waals surface area contributed by atoms with Gasteiger partial charge in [-0.15, -0.1) is 14.3 Å². The predicted molar refractivity (Wildman–Crippen MR) is 198 cm³/mol. The molecule has 4 N–H and O–H groups in total. The van der Waals surface area contributed by atoms with Crippen LogP contribution < -0.4 is 21.3 Å². The molecule has 5 atom stereocenters. The quantitative estimate of drug-likeness (QED) is 0.101. The van der Waals surface area contributed by atoms with Crippen molar-refractivity contribution >= 4 is 44.6 Å². The Bertz CT molecular complexity index is 1590. The fourth-order valence-corrected chi connectivity index (χ4v) is 6.41. The molecule has 0 radical (unpaired) electrons. The van der Waals surface area contributed by atoms with Gasteiger partial charge in [-0.3, -0.25) is 28.8 Å². The average molecular weight is 740 g/mol.